The van der Waals surface area contributed by atoms with Gasteiger partial charge in [0.2, 0.25) is 5.91 Å². The van der Waals surface area contributed by atoms with Gasteiger partial charge in [0, 0.05) is 37.0 Å². The average molecular weight is 433 g/mol. The highest BCUT2D eigenvalue weighted by Crippen LogP contribution is 2.18. The number of rotatable bonds is 8. The Morgan fingerprint density at radius 2 is 1.76 bits per heavy atom. The summed E-state index contributed by atoms with van der Waals surface area (Å²) in [5.74, 6) is 1.31. The van der Waals surface area contributed by atoms with E-state index in [1.54, 1.807) is 11.8 Å². The molecule has 2 atom stereocenters. The predicted molar refractivity (Wildman–Crippen MR) is 121 cm³/mol. The highest BCUT2D eigenvalue weighted by molar-refractivity contribution is 7.99. The Labute approximate surface area is 183 Å². The number of carbonyl (C=O) groups excluding carboxylic acids is 1. The molecule has 29 heavy (non-hydrogen) atoms. The normalized spacial score (nSPS) is 19.8. The van der Waals surface area contributed by atoms with Crippen molar-refractivity contribution in [3.8, 4) is 0 Å². The second-order valence-electron chi connectivity index (χ2n) is 7.62. The van der Waals surface area contributed by atoms with Gasteiger partial charge in [-0.15, -0.1) is 11.8 Å². The molecule has 0 aliphatic carbocycles. The lowest BCUT2D eigenvalue weighted by molar-refractivity contribution is -0.118. The monoisotopic (exact) mass is 432 g/mol. The Balaban J connectivity index is 1.46. The molecule has 1 N–H and O–H groups in total. The van der Waals surface area contributed by atoms with Crippen LogP contribution in [0.25, 0.3) is 0 Å². The van der Waals surface area contributed by atoms with Crippen molar-refractivity contribution in [1.29, 1.82) is 0 Å². The molecule has 1 fully saturated rings. The fourth-order valence-corrected chi connectivity index (χ4v) is 4.57. The minimum absolute atomic E-state index is 0.0624. The van der Waals surface area contributed by atoms with Crippen molar-refractivity contribution in [1.82, 2.24) is 10.2 Å². The maximum absolute atomic E-state index is 12.3. The van der Waals surface area contributed by atoms with Crippen LogP contribution in [0.2, 0.25) is 5.02 Å². The van der Waals surface area contributed by atoms with E-state index in [4.69, 9.17) is 16.3 Å². The zero-order valence-electron chi connectivity index (χ0n) is 17.1. The van der Waals surface area contributed by atoms with Gasteiger partial charge in [0.25, 0.3) is 0 Å². The third kappa shape index (κ3) is 7.34. The minimum Gasteiger partial charge on any atom is -0.373 e. The summed E-state index contributed by atoms with van der Waals surface area (Å²) in [4.78, 5) is 14.7. The third-order valence-electron chi connectivity index (χ3n) is 4.90. The predicted octanol–water partition coefficient (Wildman–Crippen LogP) is 4.50. The van der Waals surface area contributed by atoms with Crippen LogP contribution in [-0.2, 0) is 28.4 Å². The topological polar surface area (TPSA) is 41.6 Å². The van der Waals surface area contributed by atoms with E-state index in [0.717, 1.165) is 30.4 Å². The first-order valence-electron chi connectivity index (χ1n) is 10.0. The summed E-state index contributed by atoms with van der Waals surface area (Å²) in [5, 5.41) is 3.80. The zero-order chi connectivity index (χ0) is 20.6. The van der Waals surface area contributed by atoms with Crippen LogP contribution in [0.4, 0.5) is 0 Å². The zero-order valence-corrected chi connectivity index (χ0v) is 18.6. The second-order valence-corrected chi connectivity index (χ2v) is 9.04. The van der Waals surface area contributed by atoms with E-state index in [1.807, 2.05) is 30.3 Å². The van der Waals surface area contributed by atoms with Crippen LogP contribution < -0.4 is 5.32 Å². The molecule has 2 aromatic rings. The minimum atomic E-state index is 0.0624. The number of ether oxygens (including phenoxy) is 1. The Bertz CT molecular complexity index is 790. The fourth-order valence-electron chi connectivity index (χ4n) is 3.63. The summed E-state index contributed by atoms with van der Waals surface area (Å²) in [6, 6.07) is 16.1. The van der Waals surface area contributed by atoms with Crippen molar-refractivity contribution in [2.24, 2.45) is 0 Å². The summed E-state index contributed by atoms with van der Waals surface area (Å²) in [6.07, 6.45) is 0.506. The van der Waals surface area contributed by atoms with Crippen molar-refractivity contribution >= 4 is 29.3 Å². The SMILES string of the molecule is CC1CN(Cc2ccccc2CNC(=O)CSCc2ccc(Cl)cc2)CC(C)O1. The molecule has 0 bridgehead atoms. The van der Waals surface area contributed by atoms with E-state index < -0.39 is 0 Å². The van der Waals surface area contributed by atoms with Gasteiger partial charge in [0.1, 0.15) is 0 Å². The molecule has 0 saturated carbocycles. The lowest BCUT2D eigenvalue weighted by Crippen LogP contribution is -2.45. The molecule has 1 aliphatic rings. The van der Waals surface area contributed by atoms with Crippen LogP contribution in [-0.4, -0.2) is 41.9 Å². The van der Waals surface area contributed by atoms with Gasteiger partial charge in [0.05, 0.1) is 18.0 Å². The Morgan fingerprint density at radius 1 is 1.10 bits per heavy atom. The van der Waals surface area contributed by atoms with Crippen LogP contribution in [0.5, 0.6) is 0 Å². The van der Waals surface area contributed by atoms with Crippen LogP contribution >= 0.6 is 23.4 Å². The highest BCUT2D eigenvalue weighted by Gasteiger charge is 2.22. The number of benzene rings is 2. The quantitative estimate of drug-likeness (QED) is 0.666. The lowest BCUT2D eigenvalue weighted by atomic mass is 10.1. The Morgan fingerprint density at radius 3 is 2.45 bits per heavy atom. The van der Waals surface area contributed by atoms with E-state index in [2.05, 4.69) is 42.3 Å². The van der Waals surface area contributed by atoms with Crippen LogP contribution in [0.15, 0.2) is 48.5 Å². The summed E-state index contributed by atoms with van der Waals surface area (Å²) < 4.78 is 5.83. The molecular formula is C23H29ClN2O2S. The summed E-state index contributed by atoms with van der Waals surface area (Å²) in [6.45, 7) is 7.56. The van der Waals surface area contributed by atoms with E-state index >= 15 is 0 Å². The molecular weight excluding hydrogens is 404 g/mol. The smallest absolute Gasteiger partial charge is 0.230 e. The van der Waals surface area contributed by atoms with Crippen LogP contribution in [0.3, 0.4) is 0 Å². The van der Waals surface area contributed by atoms with Gasteiger partial charge < -0.3 is 10.1 Å². The second kappa shape index (κ2) is 11.0. The number of halogens is 1. The highest BCUT2D eigenvalue weighted by atomic mass is 35.5. The summed E-state index contributed by atoms with van der Waals surface area (Å²) in [7, 11) is 0. The molecule has 156 valence electrons. The maximum Gasteiger partial charge on any atom is 0.230 e. The van der Waals surface area contributed by atoms with E-state index in [0.29, 0.717) is 12.3 Å². The molecule has 6 heteroatoms. The maximum atomic E-state index is 12.3. The van der Waals surface area contributed by atoms with Gasteiger partial charge in [-0.1, -0.05) is 48.0 Å². The Kier molecular flexibility index (Phi) is 8.42. The van der Waals surface area contributed by atoms with Crippen molar-refractivity contribution in [2.45, 2.75) is 44.9 Å². The molecule has 1 heterocycles. The van der Waals surface area contributed by atoms with E-state index in [1.165, 1.54) is 16.7 Å². The number of hydrogen-bond donors (Lipinski definition) is 1. The standard InChI is InChI=1S/C23H29ClN2O2S/c1-17-12-26(13-18(2)28-17)14-21-6-4-3-5-20(21)11-25-23(27)16-29-15-19-7-9-22(24)10-8-19/h3-10,17-18H,11-16H2,1-2H3,(H,25,27). The fraction of sp³-hybridized carbons (Fsp3) is 0.435. The van der Waals surface area contributed by atoms with Crippen molar-refractivity contribution in [3.05, 3.63) is 70.2 Å². The number of morpholine rings is 1. The van der Waals surface area contributed by atoms with Gasteiger partial charge in [-0.25, -0.2) is 0 Å². The van der Waals surface area contributed by atoms with Gasteiger partial charge in [-0.2, -0.15) is 0 Å². The molecule has 2 aromatic carbocycles. The molecule has 1 saturated heterocycles. The number of carbonyl (C=O) groups is 1. The molecule has 4 nitrogen and oxygen atoms in total. The molecule has 1 aliphatic heterocycles. The van der Waals surface area contributed by atoms with Crippen molar-refractivity contribution in [3.63, 3.8) is 0 Å². The third-order valence-corrected chi connectivity index (χ3v) is 6.15. The Hall–Kier alpha value is -1.53. The molecule has 0 radical (unpaired) electrons. The number of nitrogens with zero attached hydrogens (tertiary/aromatic N) is 1. The summed E-state index contributed by atoms with van der Waals surface area (Å²) in [5.41, 5.74) is 3.62. The molecule has 0 spiro atoms. The van der Waals surface area contributed by atoms with Gasteiger partial charge in [0.15, 0.2) is 0 Å². The van der Waals surface area contributed by atoms with Crippen LogP contribution in [0.1, 0.15) is 30.5 Å². The van der Waals surface area contributed by atoms with Gasteiger partial charge >= 0.3 is 0 Å². The summed E-state index contributed by atoms with van der Waals surface area (Å²) >= 11 is 7.52. The first kappa shape index (κ1) is 22.2. The number of hydrogen-bond acceptors (Lipinski definition) is 4. The molecule has 2 unspecified atom stereocenters. The first-order chi connectivity index (χ1) is 14.0. The molecule has 3 rings (SSSR count). The number of nitrogens with one attached hydrogen (secondary N) is 1. The largest absolute Gasteiger partial charge is 0.373 e. The van der Waals surface area contributed by atoms with Crippen molar-refractivity contribution in [2.75, 3.05) is 18.8 Å². The molecule has 0 aromatic heterocycles. The average Bonchev–Trinajstić information content (AvgIpc) is 2.68. The van der Waals surface area contributed by atoms with E-state index in [-0.39, 0.29) is 18.1 Å². The number of thioether (sulfide) groups is 1. The van der Waals surface area contributed by atoms with Crippen LogP contribution in [0, 0.1) is 0 Å². The van der Waals surface area contributed by atoms with E-state index in [9.17, 15) is 4.79 Å². The van der Waals surface area contributed by atoms with Gasteiger partial charge in [-0.3, -0.25) is 9.69 Å². The number of amides is 1. The molecule has 1 amide bonds. The van der Waals surface area contributed by atoms with Gasteiger partial charge in [-0.05, 0) is 42.7 Å². The van der Waals surface area contributed by atoms with Crippen molar-refractivity contribution < 1.29 is 9.53 Å². The lowest BCUT2D eigenvalue weighted by Gasteiger charge is -2.35. The first-order valence-corrected chi connectivity index (χ1v) is 11.6.